The molecule has 50 heavy (non-hydrogen) atoms. The highest BCUT2D eigenvalue weighted by Gasteiger charge is 2.20. The second kappa shape index (κ2) is 15.8. The lowest BCUT2D eigenvalue weighted by Gasteiger charge is -2.21. The molecule has 0 aliphatic carbocycles. The van der Waals surface area contributed by atoms with Gasteiger partial charge in [-0.05, 0) is 61.0 Å². The summed E-state index contributed by atoms with van der Waals surface area (Å²) in [5, 5.41) is 4.15. The van der Waals surface area contributed by atoms with Gasteiger partial charge in [0.25, 0.3) is 5.91 Å². The Morgan fingerprint density at radius 1 is 0.900 bits per heavy atom. The van der Waals surface area contributed by atoms with Gasteiger partial charge >= 0.3 is 0 Å². The maximum atomic E-state index is 13.1. The third-order valence-corrected chi connectivity index (χ3v) is 8.58. The molecular formula is C37H35Cl2N7O4. The molecule has 0 aliphatic rings. The molecule has 5 aromatic rings. The van der Waals surface area contributed by atoms with Crippen LogP contribution in [0.2, 0.25) is 10.0 Å². The van der Waals surface area contributed by atoms with Crippen LogP contribution >= 0.6 is 23.2 Å². The fraction of sp³-hybridized carbons (Fsp3) is 0.189. The van der Waals surface area contributed by atoms with Gasteiger partial charge in [0, 0.05) is 74.0 Å². The highest BCUT2D eigenvalue weighted by Crippen LogP contribution is 2.36. The second-order valence-corrected chi connectivity index (χ2v) is 12.3. The summed E-state index contributed by atoms with van der Waals surface area (Å²) in [5.41, 5.74) is 4.30. The smallest absolute Gasteiger partial charge is 0.277 e. The van der Waals surface area contributed by atoms with E-state index >= 15 is 0 Å². The van der Waals surface area contributed by atoms with Crippen molar-refractivity contribution in [2.75, 3.05) is 49.4 Å². The van der Waals surface area contributed by atoms with E-state index in [1.54, 1.807) is 62.8 Å². The van der Waals surface area contributed by atoms with E-state index in [1.807, 2.05) is 50.2 Å². The van der Waals surface area contributed by atoms with Crippen LogP contribution in [0.25, 0.3) is 17.0 Å². The Bertz CT molecular complexity index is 2070. The zero-order valence-electron chi connectivity index (χ0n) is 28.1. The molecule has 3 amide bonds. The number of benzene rings is 2. The zero-order chi connectivity index (χ0) is 35.9. The number of aromatic nitrogens is 3. The molecule has 3 heterocycles. The molecule has 0 bridgehead atoms. The normalized spacial score (nSPS) is 11.0. The summed E-state index contributed by atoms with van der Waals surface area (Å²) in [6.45, 7) is 1.68. The number of rotatable bonds is 11. The van der Waals surface area contributed by atoms with Gasteiger partial charge in [-0.2, -0.15) is 0 Å². The van der Waals surface area contributed by atoms with Crippen molar-refractivity contribution in [2.45, 2.75) is 13.5 Å². The lowest BCUT2D eigenvalue weighted by molar-refractivity contribution is -0.122. The molecule has 0 unspecified atom stereocenters. The van der Waals surface area contributed by atoms with Crippen molar-refractivity contribution in [2.24, 2.45) is 0 Å². The second-order valence-electron chi connectivity index (χ2n) is 11.5. The number of pyridine rings is 3. The molecule has 0 saturated carbocycles. The largest absolute Gasteiger partial charge is 0.487 e. The first-order valence-corrected chi connectivity index (χ1v) is 16.2. The van der Waals surface area contributed by atoms with E-state index < -0.39 is 11.8 Å². The monoisotopic (exact) mass is 711 g/mol. The number of nitrogens with one attached hydrogen (secondary N) is 1. The number of nitrogens with zero attached hydrogens (tertiary/aromatic N) is 6. The fourth-order valence-electron chi connectivity index (χ4n) is 5.05. The molecule has 0 aliphatic heterocycles. The van der Waals surface area contributed by atoms with Gasteiger partial charge in [-0.3, -0.25) is 24.3 Å². The van der Waals surface area contributed by atoms with Crippen molar-refractivity contribution >= 4 is 75.1 Å². The summed E-state index contributed by atoms with van der Waals surface area (Å²) in [6.07, 6.45) is 5.89. The van der Waals surface area contributed by atoms with E-state index in [-0.39, 0.29) is 29.8 Å². The molecule has 3 aromatic heterocycles. The third-order valence-electron chi connectivity index (χ3n) is 7.81. The minimum absolute atomic E-state index is 0.0338. The van der Waals surface area contributed by atoms with Gasteiger partial charge < -0.3 is 19.9 Å². The van der Waals surface area contributed by atoms with Crippen molar-refractivity contribution in [1.82, 2.24) is 20.3 Å². The van der Waals surface area contributed by atoms with Crippen molar-refractivity contribution < 1.29 is 19.1 Å². The molecule has 11 nitrogen and oxygen atoms in total. The molecule has 2 aromatic carbocycles. The Morgan fingerprint density at radius 3 is 2.40 bits per heavy atom. The van der Waals surface area contributed by atoms with E-state index in [1.165, 1.54) is 28.1 Å². The minimum atomic E-state index is -0.491. The first-order chi connectivity index (χ1) is 23.9. The quantitative estimate of drug-likeness (QED) is 0.157. The van der Waals surface area contributed by atoms with Gasteiger partial charge in [-0.15, -0.1) is 0 Å². The van der Waals surface area contributed by atoms with Crippen LogP contribution in [-0.4, -0.2) is 67.4 Å². The predicted molar refractivity (Wildman–Crippen MR) is 198 cm³/mol. The Labute approximate surface area is 300 Å². The number of ether oxygens (including phenoxy) is 1. The molecule has 0 atom stereocenters. The summed E-state index contributed by atoms with van der Waals surface area (Å²) in [5.74, 6) is -0.156. The van der Waals surface area contributed by atoms with Crippen molar-refractivity contribution in [3.8, 4) is 5.75 Å². The first kappa shape index (κ1) is 35.8. The average molecular weight is 713 g/mol. The van der Waals surface area contributed by atoms with Gasteiger partial charge in [0.05, 0.1) is 17.3 Å². The maximum absolute atomic E-state index is 13.1. The molecule has 5 rings (SSSR count). The van der Waals surface area contributed by atoms with Crippen molar-refractivity contribution in [1.29, 1.82) is 0 Å². The van der Waals surface area contributed by atoms with E-state index in [2.05, 4.69) is 15.3 Å². The van der Waals surface area contributed by atoms with Gasteiger partial charge in [-0.1, -0.05) is 47.5 Å². The average Bonchev–Trinajstić information content (AvgIpc) is 3.12. The van der Waals surface area contributed by atoms with E-state index in [0.717, 1.165) is 16.8 Å². The molecule has 0 saturated heterocycles. The number of amides is 3. The number of likely N-dealkylation sites (N-methyl/N-ethyl adjacent to an activating group) is 1. The van der Waals surface area contributed by atoms with Crippen LogP contribution in [0.1, 0.15) is 27.3 Å². The lowest BCUT2D eigenvalue weighted by atomic mass is 10.1. The van der Waals surface area contributed by atoms with E-state index in [4.69, 9.17) is 32.9 Å². The zero-order valence-corrected chi connectivity index (χ0v) is 29.7. The Balaban J connectivity index is 1.19. The Kier molecular flexibility index (Phi) is 11.3. The Hall–Kier alpha value is -5.52. The van der Waals surface area contributed by atoms with Gasteiger partial charge in [0.15, 0.2) is 0 Å². The van der Waals surface area contributed by atoms with Crippen LogP contribution in [0.3, 0.4) is 0 Å². The summed E-state index contributed by atoms with van der Waals surface area (Å²) in [7, 11) is 7.12. The van der Waals surface area contributed by atoms with Crippen LogP contribution in [0.15, 0.2) is 85.2 Å². The molecular weight excluding hydrogens is 677 g/mol. The molecule has 256 valence electrons. The Morgan fingerprint density at radius 2 is 1.70 bits per heavy atom. The number of hydrogen-bond donors (Lipinski definition) is 1. The van der Waals surface area contributed by atoms with Crippen molar-refractivity contribution in [3.05, 3.63) is 118 Å². The third kappa shape index (κ3) is 8.19. The highest BCUT2D eigenvalue weighted by atomic mass is 35.5. The van der Waals surface area contributed by atoms with Crippen LogP contribution in [0.5, 0.6) is 5.75 Å². The van der Waals surface area contributed by atoms with Gasteiger partial charge in [0.2, 0.25) is 11.8 Å². The number of hydrogen-bond acceptors (Lipinski definition) is 8. The minimum Gasteiger partial charge on any atom is -0.487 e. The number of para-hydroxylation sites is 1. The van der Waals surface area contributed by atoms with E-state index in [0.29, 0.717) is 38.9 Å². The maximum Gasteiger partial charge on any atom is 0.277 e. The number of anilines is 3. The molecule has 0 spiro atoms. The highest BCUT2D eigenvalue weighted by molar-refractivity contribution is 6.38. The fourth-order valence-corrected chi connectivity index (χ4v) is 5.65. The summed E-state index contributed by atoms with van der Waals surface area (Å²) < 4.78 is 6.20. The van der Waals surface area contributed by atoms with Gasteiger partial charge in [-0.25, -0.2) is 9.97 Å². The summed E-state index contributed by atoms with van der Waals surface area (Å²) in [4.78, 5) is 56.2. The molecule has 0 fully saturated rings. The van der Waals surface area contributed by atoms with Crippen LogP contribution in [-0.2, 0) is 16.2 Å². The number of halogens is 2. The van der Waals surface area contributed by atoms with Gasteiger partial charge in [0.1, 0.15) is 29.4 Å². The number of aryl methyl sites for hydroxylation is 1. The summed E-state index contributed by atoms with van der Waals surface area (Å²) >= 11 is 13.3. The standard InChI is InChI=1S/C37H35Cl2N7O4/c1-23-19-30(44(2)3)25-9-8-10-31(36(25)43-23)50-22-26-27(38)14-16-29(35(26)39)45(4)34(48)21-42-33(47)17-13-24-12-15-28(41-20-24)37(49)46(5)32-11-6-7-18-40-32/h6-20H,21-22H2,1-5H3,(H,42,47)/b17-13+. The van der Waals surface area contributed by atoms with Crippen LogP contribution < -0.4 is 24.8 Å². The van der Waals surface area contributed by atoms with Crippen LogP contribution in [0, 0.1) is 6.92 Å². The topological polar surface area (TPSA) is 121 Å². The first-order valence-electron chi connectivity index (χ1n) is 15.5. The summed E-state index contributed by atoms with van der Waals surface area (Å²) in [6, 6.07) is 19.5. The predicted octanol–water partition coefficient (Wildman–Crippen LogP) is 6.35. The number of fused-ring (bicyclic) bond motifs is 1. The lowest BCUT2D eigenvalue weighted by Crippen LogP contribution is -2.37. The molecule has 13 heteroatoms. The number of carbonyl (C=O) groups excluding carboxylic acids is 3. The molecule has 0 radical (unpaired) electrons. The van der Waals surface area contributed by atoms with Crippen molar-refractivity contribution in [3.63, 3.8) is 0 Å². The SMILES string of the molecule is Cc1cc(N(C)C)c2cccc(OCc3c(Cl)ccc(N(C)C(=O)CNC(=O)/C=C/c4ccc(C(=O)N(C)c5ccccn5)nc4)c3Cl)c2n1. The molecule has 1 N–H and O–H groups in total. The van der Waals surface area contributed by atoms with E-state index in [9.17, 15) is 14.4 Å². The number of carbonyl (C=O) groups is 3. The van der Waals surface area contributed by atoms with Crippen LogP contribution in [0.4, 0.5) is 17.2 Å².